The van der Waals surface area contributed by atoms with Crippen molar-refractivity contribution in [3.63, 3.8) is 0 Å². The van der Waals surface area contributed by atoms with Crippen molar-refractivity contribution in [3.8, 4) is 5.75 Å². The highest BCUT2D eigenvalue weighted by Gasteiger charge is 2.34. The van der Waals surface area contributed by atoms with Crippen LogP contribution in [0.3, 0.4) is 0 Å². The maximum Gasteiger partial charge on any atom is 0.263 e. The molecule has 132 valence electrons. The van der Waals surface area contributed by atoms with E-state index >= 15 is 0 Å². The Kier molecular flexibility index (Phi) is 4.67. The Morgan fingerprint density at radius 1 is 1.24 bits per heavy atom. The van der Waals surface area contributed by atoms with Gasteiger partial charge in [0.25, 0.3) is 5.91 Å². The lowest BCUT2D eigenvalue weighted by atomic mass is 10.1. The maximum atomic E-state index is 12.5. The number of carbonyl (C=O) groups excluding carboxylic acids is 1. The SMILES string of the molecule is Cc1cccc(CNC(=O)[C@H]2CN(S(C)(=O)=O)c3ccccc3O2)c1. The first kappa shape index (κ1) is 17.3. The van der Waals surface area contributed by atoms with E-state index in [2.05, 4.69) is 5.32 Å². The van der Waals surface area contributed by atoms with Crippen molar-refractivity contribution >= 4 is 21.6 Å². The summed E-state index contributed by atoms with van der Waals surface area (Å²) < 4.78 is 31.1. The number of aryl methyl sites for hydroxylation is 1. The third-order valence-corrected chi connectivity index (χ3v) is 5.12. The van der Waals surface area contributed by atoms with Gasteiger partial charge in [-0.3, -0.25) is 9.10 Å². The van der Waals surface area contributed by atoms with Crippen molar-refractivity contribution in [2.45, 2.75) is 19.6 Å². The first-order valence-corrected chi connectivity index (χ1v) is 9.76. The molecule has 0 aliphatic carbocycles. The number of ether oxygens (including phenoxy) is 1. The molecule has 1 atom stereocenters. The molecule has 1 aliphatic heterocycles. The second-order valence-electron chi connectivity index (χ2n) is 6.08. The molecule has 0 bridgehead atoms. The van der Waals surface area contributed by atoms with Crippen LogP contribution >= 0.6 is 0 Å². The fourth-order valence-electron chi connectivity index (χ4n) is 2.78. The zero-order valence-corrected chi connectivity index (χ0v) is 14.9. The topological polar surface area (TPSA) is 75.7 Å². The number of anilines is 1. The Balaban J connectivity index is 1.76. The molecular formula is C18H20N2O4S. The first-order valence-electron chi connectivity index (χ1n) is 7.91. The molecule has 2 aromatic rings. The van der Waals surface area contributed by atoms with Crippen LogP contribution in [-0.4, -0.2) is 33.2 Å². The van der Waals surface area contributed by atoms with Crippen LogP contribution < -0.4 is 14.4 Å². The third kappa shape index (κ3) is 3.93. The summed E-state index contributed by atoms with van der Waals surface area (Å²) in [7, 11) is -3.51. The Bertz CT molecular complexity index is 895. The Morgan fingerprint density at radius 3 is 2.72 bits per heavy atom. The Hall–Kier alpha value is -2.54. The molecule has 1 heterocycles. The van der Waals surface area contributed by atoms with Crippen LogP contribution in [0.15, 0.2) is 48.5 Å². The minimum absolute atomic E-state index is 0.0461. The number of hydrogen-bond donors (Lipinski definition) is 1. The van der Waals surface area contributed by atoms with Gasteiger partial charge in [-0.05, 0) is 24.6 Å². The summed E-state index contributed by atoms with van der Waals surface area (Å²) >= 11 is 0. The minimum Gasteiger partial charge on any atom is -0.476 e. The van der Waals surface area contributed by atoms with Crippen molar-refractivity contribution in [1.82, 2.24) is 5.32 Å². The van der Waals surface area contributed by atoms with Gasteiger partial charge in [0.2, 0.25) is 10.0 Å². The predicted octanol–water partition coefficient (Wildman–Crippen LogP) is 1.84. The standard InChI is InChI=1S/C18H20N2O4S/c1-13-6-5-7-14(10-13)11-19-18(21)17-12-20(25(2,22)23)15-8-3-4-9-16(15)24-17/h3-10,17H,11-12H2,1-2H3,(H,19,21)/t17-/m1/s1. The van der Waals surface area contributed by atoms with E-state index in [0.29, 0.717) is 18.0 Å². The summed E-state index contributed by atoms with van der Waals surface area (Å²) in [5.74, 6) is 0.0412. The van der Waals surface area contributed by atoms with Crippen LogP contribution in [0, 0.1) is 6.92 Å². The average molecular weight is 360 g/mol. The Morgan fingerprint density at radius 2 is 2.00 bits per heavy atom. The number of amides is 1. The van der Waals surface area contributed by atoms with E-state index in [1.807, 2.05) is 31.2 Å². The van der Waals surface area contributed by atoms with Crippen molar-refractivity contribution in [1.29, 1.82) is 0 Å². The van der Waals surface area contributed by atoms with E-state index in [0.717, 1.165) is 17.4 Å². The molecule has 0 radical (unpaired) electrons. The number of rotatable bonds is 4. The van der Waals surface area contributed by atoms with E-state index in [1.165, 1.54) is 4.31 Å². The molecule has 2 aromatic carbocycles. The zero-order valence-electron chi connectivity index (χ0n) is 14.1. The van der Waals surface area contributed by atoms with Crippen LogP contribution in [0.1, 0.15) is 11.1 Å². The van der Waals surface area contributed by atoms with Gasteiger partial charge in [0.1, 0.15) is 5.75 Å². The van der Waals surface area contributed by atoms with Gasteiger partial charge in [0.05, 0.1) is 18.5 Å². The molecule has 0 aromatic heterocycles. The summed E-state index contributed by atoms with van der Waals surface area (Å²) in [6, 6.07) is 14.6. The average Bonchev–Trinajstić information content (AvgIpc) is 2.58. The van der Waals surface area contributed by atoms with Gasteiger partial charge in [-0.15, -0.1) is 0 Å². The summed E-state index contributed by atoms with van der Waals surface area (Å²) in [5.41, 5.74) is 2.54. The van der Waals surface area contributed by atoms with E-state index in [4.69, 9.17) is 4.74 Å². The van der Waals surface area contributed by atoms with Gasteiger partial charge in [-0.2, -0.15) is 0 Å². The molecule has 0 saturated carbocycles. The number of nitrogens with zero attached hydrogens (tertiary/aromatic N) is 1. The number of hydrogen-bond acceptors (Lipinski definition) is 4. The third-order valence-electron chi connectivity index (χ3n) is 3.98. The number of nitrogens with one attached hydrogen (secondary N) is 1. The van der Waals surface area contributed by atoms with Crippen LogP contribution in [0.25, 0.3) is 0 Å². The molecule has 0 saturated heterocycles. The molecule has 1 amide bonds. The van der Waals surface area contributed by atoms with Crippen molar-refractivity contribution < 1.29 is 17.9 Å². The molecule has 0 fully saturated rings. The van der Waals surface area contributed by atoms with Gasteiger partial charge in [0.15, 0.2) is 6.10 Å². The van der Waals surface area contributed by atoms with Crippen LogP contribution in [0.4, 0.5) is 5.69 Å². The first-order chi connectivity index (χ1) is 11.8. The molecule has 1 aliphatic rings. The minimum atomic E-state index is -3.51. The van der Waals surface area contributed by atoms with Crippen molar-refractivity contribution in [3.05, 3.63) is 59.7 Å². The molecular weight excluding hydrogens is 340 g/mol. The highest BCUT2D eigenvalue weighted by Crippen LogP contribution is 2.34. The molecule has 0 spiro atoms. The predicted molar refractivity (Wildman–Crippen MR) is 96.1 cm³/mol. The number of benzene rings is 2. The highest BCUT2D eigenvalue weighted by molar-refractivity contribution is 7.92. The van der Waals surface area contributed by atoms with E-state index in [-0.39, 0.29) is 12.5 Å². The summed E-state index contributed by atoms with van der Waals surface area (Å²) in [4.78, 5) is 12.5. The zero-order chi connectivity index (χ0) is 18.0. The number of sulfonamides is 1. The fourth-order valence-corrected chi connectivity index (χ4v) is 3.69. The van der Waals surface area contributed by atoms with Crippen LogP contribution in [0.2, 0.25) is 0 Å². The van der Waals surface area contributed by atoms with Crippen molar-refractivity contribution in [2.75, 3.05) is 17.1 Å². The van der Waals surface area contributed by atoms with Crippen molar-refractivity contribution in [2.24, 2.45) is 0 Å². The normalized spacial score (nSPS) is 16.7. The number of carbonyl (C=O) groups is 1. The second-order valence-corrected chi connectivity index (χ2v) is 7.98. The van der Waals surface area contributed by atoms with Gasteiger partial charge in [-0.25, -0.2) is 8.42 Å². The van der Waals surface area contributed by atoms with Gasteiger partial charge < -0.3 is 10.1 Å². The van der Waals surface area contributed by atoms with Gasteiger partial charge >= 0.3 is 0 Å². The lowest BCUT2D eigenvalue weighted by Crippen LogP contribution is -2.50. The highest BCUT2D eigenvalue weighted by atomic mass is 32.2. The Labute approximate surface area is 147 Å². The number of para-hydroxylation sites is 2. The smallest absolute Gasteiger partial charge is 0.263 e. The second kappa shape index (κ2) is 6.76. The fraction of sp³-hybridized carbons (Fsp3) is 0.278. The molecule has 6 nitrogen and oxygen atoms in total. The van der Waals surface area contributed by atoms with E-state index in [1.54, 1.807) is 24.3 Å². The molecule has 3 rings (SSSR count). The lowest BCUT2D eigenvalue weighted by Gasteiger charge is -2.33. The summed E-state index contributed by atoms with van der Waals surface area (Å²) in [5, 5.41) is 2.81. The van der Waals surface area contributed by atoms with Crippen LogP contribution in [0.5, 0.6) is 5.75 Å². The van der Waals surface area contributed by atoms with E-state index in [9.17, 15) is 13.2 Å². The molecule has 0 unspecified atom stereocenters. The largest absolute Gasteiger partial charge is 0.476 e. The monoisotopic (exact) mass is 360 g/mol. The summed E-state index contributed by atoms with van der Waals surface area (Å²) in [6.45, 7) is 2.30. The van der Waals surface area contributed by atoms with Gasteiger partial charge in [-0.1, -0.05) is 42.0 Å². The molecule has 25 heavy (non-hydrogen) atoms. The summed E-state index contributed by atoms with van der Waals surface area (Å²) in [6.07, 6.45) is 0.228. The quantitative estimate of drug-likeness (QED) is 0.903. The maximum absolute atomic E-state index is 12.5. The van der Waals surface area contributed by atoms with Crippen LogP contribution in [-0.2, 0) is 21.4 Å². The number of fused-ring (bicyclic) bond motifs is 1. The lowest BCUT2D eigenvalue weighted by molar-refractivity contribution is -0.127. The molecule has 1 N–H and O–H groups in total. The molecule has 7 heteroatoms. The van der Waals surface area contributed by atoms with E-state index < -0.39 is 16.1 Å². The van der Waals surface area contributed by atoms with Gasteiger partial charge in [0, 0.05) is 6.54 Å².